The number of methoxy groups -OCH3 is 1. The molecule has 1 fully saturated rings. The Kier molecular flexibility index (Phi) is 3.98. The van der Waals surface area contributed by atoms with E-state index in [2.05, 4.69) is 21.9 Å². The number of nitrogens with zero attached hydrogens (tertiary/aromatic N) is 2. The van der Waals surface area contributed by atoms with Crippen molar-refractivity contribution in [2.75, 3.05) is 44.7 Å². The first kappa shape index (κ1) is 11.9. The van der Waals surface area contributed by atoms with Crippen LogP contribution in [0.4, 0.5) is 5.69 Å². The SMILES string of the molecule is COc1cccc(N2CCN(CC=O)CC2)c1. The van der Waals surface area contributed by atoms with Crippen molar-refractivity contribution in [3.63, 3.8) is 0 Å². The second kappa shape index (κ2) is 5.68. The molecule has 4 heteroatoms. The molecular weight excluding hydrogens is 216 g/mol. The summed E-state index contributed by atoms with van der Waals surface area (Å²) in [5.74, 6) is 0.887. The Bertz CT molecular complexity index is 373. The Morgan fingerprint density at radius 2 is 2.06 bits per heavy atom. The van der Waals surface area contributed by atoms with E-state index in [0.29, 0.717) is 6.54 Å². The lowest BCUT2D eigenvalue weighted by molar-refractivity contribution is -0.108. The van der Waals surface area contributed by atoms with Crippen molar-refractivity contribution >= 4 is 12.0 Å². The minimum absolute atomic E-state index is 0.548. The number of aldehydes is 1. The number of hydrogen-bond donors (Lipinski definition) is 0. The molecule has 0 N–H and O–H groups in total. The molecule has 0 unspecified atom stereocenters. The molecular formula is C13H18N2O2. The standard InChI is InChI=1S/C13H18N2O2/c1-17-13-4-2-3-12(11-13)15-7-5-14(6-8-15)9-10-16/h2-4,10-11H,5-9H2,1H3. The zero-order chi connectivity index (χ0) is 12.1. The van der Waals surface area contributed by atoms with Crippen molar-refractivity contribution in [3.05, 3.63) is 24.3 Å². The molecule has 1 aromatic carbocycles. The molecule has 2 rings (SSSR count). The van der Waals surface area contributed by atoms with Crippen LogP contribution in [0, 0.1) is 0 Å². The highest BCUT2D eigenvalue weighted by molar-refractivity contribution is 5.53. The van der Waals surface area contributed by atoms with Gasteiger partial charge in [0.15, 0.2) is 0 Å². The quantitative estimate of drug-likeness (QED) is 0.728. The zero-order valence-corrected chi connectivity index (χ0v) is 10.1. The molecule has 0 saturated carbocycles. The van der Waals surface area contributed by atoms with E-state index >= 15 is 0 Å². The molecule has 1 saturated heterocycles. The third kappa shape index (κ3) is 2.97. The summed E-state index contributed by atoms with van der Waals surface area (Å²) in [4.78, 5) is 14.9. The molecule has 1 aliphatic rings. The maximum absolute atomic E-state index is 10.4. The van der Waals surface area contributed by atoms with Gasteiger partial charge in [-0.3, -0.25) is 4.90 Å². The van der Waals surface area contributed by atoms with Crippen LogP contribution < -0.4 is 9.64 Å². The first-order valence-electron chi connectivity index (χ1n) is 5.88. The monoisotopic (exact) mass is 234 g/mol. The van der Waals surface area contributed by atoms with Crippen molar-refractivity contribution in [2.24, 2.45) is 0 Å². The topological polar surface area (TPSA) is 32.8 Å². The predicted octanol–water partition coefficient (Wildman–Crippen LogP) is 1.02. The summed E-state index contributed by atoms with van der Waals surface area (Å²) in [7, 11) is 1.68. The first-order chi connectivity index (χ1) is 8.33. The Morgan fingerprint density at radius 3 is 2.71 bits per heavy atom. The number of anilines is 1. The van der Waals surface area contributed by atoms with E-state index in [0.717, 1.165) is 38.2 Å². The van der Waals surface area contributed by atoms with Gasteiger partial charge in [-0.1, -0.05) is 6.07 Å². The van der Waals surface area contributed by atoms with E-state index in [1.165, 1.54) is 5.69 Å². The zero-order valence-electron chi connectivity index (χ0n) is 10.1. The lowest BCUT2D eigenvalue weighted by atomic mass is 10.2. The number of ether oxygens (including phenoxy) is 1. The van der Waals surface area contributed by atoms with Gasteiger partial charge < -0.3 is 14.4 Å². The van der Waals surface area contributed by atoms with E-state index in [1.807, 2.05) is 12.1 Å². The fourth-order valence-electron chi connectivity index (χ4n) is 2.10. The van der Waals surface area contributed by atoms with Crippen LogP contribution in [0.3, 0.4) is 0 Å². The average molecular weight is 234 g/mol. The predicted molar refractivity (Wildman–Crippen MR) is 67.7 cm³/mol. The minimum Gasteiger partial charge on any atom is -0.497 e. The first-order valence-corrected chi connectivity index (χ1v) is 5.88. The fraction of sp³-hybridized carbons (Fsp3) is 0.462. The molecule has 1 aliphatic heterocycles. The van der Waals surface area contributed by atoms with E-state index in [4.69, 9.17) is 4.74 Å². The van der Waals surface area contributed by atoms with E-state index in [1.54, 1.807) is 7.11 Å². The summed E-state index contributed by atoms with van der Waals surface area (Å²) < 4.78 is 5.22. The van der Waals surface area contributed by atoms with Crippen LogP contribution in [0.25, 0.3) is 0 Å². The van der Waals surface area contributed by atoms with Gasteiger partial charge in [-0.25, -0.2) is 0 Å². The van der Waals surface area contributed by atoms with Gasteiger partial charge in [-0.2, -0.15) is 0 Å². The van der Waals surface area contributed by atoms with Gasteiger partial charge in [0.1, 0.15) is 12.0 Å². The van der Waals surface area contributed by atoms with Gasteiger partial charge in [-0.15, -0.1) is 0 Å². The van der Waals surface area contributed by atoms with E-state index in [-0.39, 0.29) is 0 Å². The Balaban J connectivity index is 1.97. The molecule has 0 amide bonds. The molecule has 0 atom stereocenters. The largest absolute Gasteiger partial charge is 0.497 e. The van der Waals surface area contributed by atoms with Gasteiger partial charge in [0.25, 0.3) is 0 Å². The summed E-state index contributed by atoms with van der Waals surface area (Å²) in [5.41, 5.74) is 1.19. The summed E-state index contributed by atoms with van der Waals surface area (Å²) in [5, 5.41) is 0. The summed E-state index contributed by atoms with van der Waals surface area (Å²) in [6, 6.07) is 8.10. The van der Waals surface area contributed by atoms with E-state index < -0.39 is 0 Å². The molecule has 1 heterocycles. The summed E-state index contributed by atoms with van der Waals surface area (Å²) in [6.45, 7) is 4.35. The highest BCUT2D eigenvalue weighted by atomic mass is 16.5. The van der Waals surface area contributed by atoms with Crippen LogP contribution in [0.15, 0.2) is 24.3 Å². The van der Waals surface area contributed by atoms with Crippen LogP contribution in [0.1, 0.15) is 0 Å². The Labute approximate surface area is 102 Å². The second-order valence-electron chi connectivity index (χ2n) is 4.16. The fourth-order valence-corrected chi connectivity index (χ4v) is 2.10. The van der Waals surface area contributed by atoms with Crippen molar-refractivity contribution in [1.82, 2.24) is 4.90 Å². The molecule has 0 aliphatic carbocycles. The van der Waals surface area contributed by atoms with Gasteiger partial charge in [0.2, 0.25) is 0 Å². The number of benzene rings is 1. The van der Waals surface area contributed by atoms with Crippen molar-refractivity contribution in [1.29, 1.82) is 0 Å². The van der Waals surface area contributed by atoms with Crippen LogP contribution >= 0.6 is 0 Å². The van der Waals surface area contributed by atoms with Crippen LogP contribution in [0.2, 0.25) is 0 Å². The van der Waals surface area contributed by atoms with Gasteiger partial charge in [-0.05, 0) is 12.1 Å². The lowest BCUT2D eigenvalue weighted by Gasteiger charge is -2.35. The second-order valence-corrected chi connectivity index (χ2v) is 4.16. The Morgan fingerprint density at radius 1 is 1.29 bits per heavy atom. The van der Waals surface area contributed by atoms with Crippen LogP contribution in [-0.2, 0) is 4.79 Å². The Hall–Kier alpha value is -1.55. The highest BCUT2D eigenvalue weighted by Gasteiger charge is 2.16. The number of carbonyl (C=O) groups is 1. The minimum atomic E-state index is 0.548. The normalized spacial score (nSPS) is 16.9. The highest BCUT2D eigenvalue weighted by Crippen LogP contribution is 2.21. The molecule has 0 aromatic heterocycles. The summed E-state index contributed by atoms with van der Waals surface area (Å²) >= 11 is 0. The molecule has 0 bridgehead atoms. The molecule has 0 radical (unpaired) electrons. The van der Waals surface area contributed by atoms with E-state index in [9.17, 15) is 4.79 Å². The van der Waals surface area contributed by atoms with Gasteiger partial charge >= 0.3 is 0 Å². The van der Waals surface area contributed by atoms with Crippen LogP contribution in [0.5, 0.6) is 5.75 Å². The molecule has 17 heavy (non-hydrogen) atoms. The number of piperazine rings is 1. The lowest BCUT2D eigenvalue weighted by Crippen LogP contribution is -2.46. The molecule has 0 spiro atoms. The van der Waals surface area contributed by atoms with Crippen molar-refractivity contribution in [3.8, 4) is 5.75 Å². The summed E-state index contributed by atoms with van der Waals surface area (Å²) in [6.07, 6.45) is 0.973. The number of carbonyl (C=O) groups excluding carboxylic acids is 1. The average Bonchev–Trinajstić information content (AvgIpc) is 2.40. The smallest absolute Gasteiger partial charge is 0.133 e. The maximum Gasteiger partial charge on any atom is 0.133 e. The molecule has 1 aromatic rings. The maximum atomic E-state index is 10.4. The van der Waals surface area contributed by atoms with Crippen molar-refractivity contribution in [2.45, 2.75) is 0 Å². The van der Waals surface area contributed by atoms with Gasteiger partial charge in [0, 0.05) is 37.9 Å². The number of hydrogen-bond acceptors (Lipinski definition) is 4. The van der Waals surface area contributed by atoms with Gasteiger partial charge in [0.05, 0.1) is 13.7 Å². The molecule has 4 nitrogen and oxygen atoms in total. The molecule has 92 valence electrons. The third-order valence-electron chi connectivity index (χ3n) is 3.12. The van der Waals surface area contributed by atoms with Crippen LogP contribution in [-0.4, -0.2) is 51.0 Å². The van der Waals surface area contributed by atoms with Crippen molar-refractivity contribution < 1.29 is 9.53 Å². The number of rotatable bonds is 4. The third-order valence-corrected chi connectivity index (χ3v) is 3.12.